The van der Waals surface area contributed by atoms with Crippen molar-refractivity contribution in [1.82, 2.24) is 24.7 Å². The first-order valence-electron chi connectivity index (χ1n) is 6.71. The molecule has 1 saturated heterocycles. The molecule has 1 fully saturated rings. The Balaban J connectivity index is 1.71. The first kappa shape index (κ1) is 13.0. The van der Waals surface area contributed by atoms with Crippen LogP contribution in [-0.2, 0) is 6.54 Å². The van der Waals surface area contributed by atoms with Gasteiger partial charge >= 0.3 is 0 Å². The van der Waals surface area contributed by atoms with Crippen molar-refractivity contribution in [3.8, 4) is 0 Å². The average Bonchev–Trinajstić information content (AvgIpc) is 2.89. The Kier molecular flexibility index (Phi) is 3.64. The number of rotatable bonds is 3. The smallest absolute Gasteiger partial charge is 0.225 e. The molecule has 0 aromatic carbocycles. The summed E-state index contributed by atoms with van der Waals surface area (Å²) in [5, 5.41) is 7.19. The van der Waals surface area contributed by atoms with Crippen LogP contribution in [0.25, 0.3) is 0 Å². The van der Waals surface area contributed by atoms with Gasteiger partial charge in [-0.05, 0) is 25.2 Å². The highest BCUT2D eigenvalue weighted by atomic mass is 32.1. The summed E-state index contributed by atoms with van der Waals surface area (Å²) in [6.45, 7) is 6.44. The maximum atomic E-state index is 5.23. The predicted molar refractivity (Wildman–Crippen MR) is 79.5 cm³/mol. The zero-order chi connectivity index (χ0) is 13.9. The van der Waals surface area contributed by atoms with Crippen LogP contribution in [0.5, 0.6) is 0 Å². The molecule has 106 valence electrons. The number of nitrogens with one attached hydrogen (secondary N) is 1. The highest BCUT2D eigenvalue weighted by Gasteiger charge is 2.22. The Morgan fingerprint density at radius 3 is 2.45 bits per heavy atom. The lowest BCUT2D eigenvalue weighted by Gasteiger charge is -2.35. The van der Waals surface area contributed by atoms with Gasteiger partial charge in [0.15, 0.2) is 4.77 Å². The SMILES string of the molecule is CCn1c(N2CCN(c3ncccn3)CC2)n[nH]c1=S. The van der Waals surface area contributed by atoms with Gasteiger partial charge in [0.2, 0.25) is 11.9 Å². The fraction of sp³-hybridized carbons (Fsp3) is 0.500. The van der Waals surface area contributed by atoms with Crippen LogP contribution in [0.15, 0.2) is 18.5 Å². The molecule has 3 heterocycles. The number of piperazine rings is 1. The monoisotopic (exact) mass is 291 g/mol. The Hall–Kier alpha value is -1.96. The molecule has 2 aromatic heterocycles. The molecule has 3 rings (SSSR count). The van der Waals surface area contributed by atoms with E-state index in [1.807, 2.05) is 10.6 Å². The summed E-state index contributed by atoms with van der Waals surface area (Å²) >= 11 is 5.23. The second kappa shape index (κ2) is 5.58. The Morgan fingerprint density at radius 1 is 1.15 bits per heavy atom. The first-order chi connectivity index (χ1) is 9.79. The van der Waals surface area contributed by atoms with Crippen LogP contribution in [0.2, 0.25) is 0 Å². The normalized spacial score (nSPS) is 15.7. The van der Waals surface area contributed by atoms with Crippen molar-refractivity contribution in [2.24, 2.45) is 0 Å². The molecule has 0 atom stereocenters. The van der Waals surface area contributed by atoms with Crippen LogP contribution in [-0.4, -0.2) is 50.9 Å². The number of anilines is 2. The van der Waals surface area contributed by atoms with E-state index in [1.54, 1.807) is 12.4 Å². The molecule has 0 bridgehead atoms. The molecule has 0 saturated carbocycles. The molecule has 0 radical (unpaired) electrons. The molecule has 0 spiro atoms. The average molecular weight is 291 g/mol. The fourth-order valence-corrected chi connectivity index (χ4v) is 2.65. The molecule has 0 aliphatic carbocycles. The Labute approximate surface area is 122 Å². The molecule has 1 aliphatic heterocycles. The molecular weight excluding hydrogens is 274 g/mol. The van der Waals surface area contributed by atoms with Gasteiger partial charge in [0.05, 0.1) is 0 Å². The third-order valence-electron chi connectivity index (χ3n) is 3.45. The van der Waals surface area contributed by atoms with Gasteiger partial charge in [-0.25, -0.2) is 15.1 Å². The van der Waals surface area contributed by atoms with E-state index in [1.165, 1.54) is 0 Å². The van der Waals surface area contributed by atoms with Crippen molar-refractivity contribution >= 4 is 24.1 Å². The number of hydrogen-bond donors (Lipinski definition) is 1. The molecule has 2 aromatic rings. The summed E-state index contributed by atoms with van der Waals surface area (Å²) in [7, 11) is 0. The highest BCUT2D eigenvalue weighted by molar-refractivity contribution is 7.71. The van der Waals surface area contributed by atoms with Gasteiger partial charge in [-0.15, -0.1) is 5.10 Å². The first-order valence-corrected chi connectivity index (χ1v) is 7.12. The maximum Gasteiger partial charge on any atom is 0.225 e. The zero-order valence-corrected chi connectivity index (χ0v) is 12.2. The largest absolute Gasteiger partial charge is 0.337 e. The van der Waals surface area contributed by atoms with Gasteiger partial charge in [-0.1, -0.05) is 0 Å². The van der Waals surface area contributed by atoms with E-state index in [2.05, 4.69) is 36.9 Å². The van der Waals surface area contributed by atoms with Gasteiger partial charge in [-0.2, -0.15) is 0 Å². The third-order valence-corrected chi connectivity index (χ3v) is 3.76. The second-order valence-electron chi connectivity index (χ2n) is 4.60. The van der Waals surface area contributed by atoms with Crippen molar-refractivity contribution in [2.75, 3.05) is 36.0 Å². The summed E-state index contributed by atoms with van der Waals surface area (Å²) in [5.41, 5.74) is 0. The van der Waals surface area contributed by atoms with Gasteiger partial charge in [0.1, 0.15) is 0 Å². The Bertz CT molecular complexity index is 612. The van der Waals surface area contributed by atoms with Crippen LogP contribution in [0.3, 0.4) is 0 Å². The van der Waals surface area contributed by atoms with Gasteiger partial charge in [0, 0.05) is 45.1 Å². The van der Waals surface area contributed by atoms with E-state index in [0.29, 0.717) is 4.77 Å². The van der Waals surface area contributed by atoms with Crippen molar-refractivity contribution in [2.45, 2.75) is 13.5 Å². The fourth-order valence-electron chi connectivity index (χ4n) is 2.40. The second-order valence-corrected chi connectivity index (χ2v) is 4.98. The third kappa shape index (κ3) is 2.38. The number of nitrogens with zero attached hydrogens (tertiary/aromatic N) is 6. The predicted octanol–water partition coefficient (Wildman–Crippen LogP) is 1.08. The molecular formula is C12H17N7S. The standard InChI is InChI=1S/C12H17N7S/c1-2-19-11(15-16-12(19)20)18-8-6-17(7-9-18)10-13-4-3-5-14-10/h3-5H,2,6-9H2,1H3,(H,16,20). The van der Waals surface area contributed by atoms with Crippen LogP contribution in [0.4, 0.5) is 11.9 Å². The van der Waals surface area contributed by atoms with Crippen LogP contribution in [0, 0.1) is 4.77 Å². The summed E-state index contributed by atoms with van der Waals surface area (Å²) in [4.78, 5) is 13.0. The minimum atomic E-state index is 0.677. The number of aromatic amines is 1. The van der Waals surface area contributed by atoms with Crippen LogP contribution in [0.1, 0.15) is 6.92 Å². The molecule has 1 aliphatic rings. The van der Waals surface area contributed by atoms with Crippen molar-refractivity contribution < 1.29 is 0 Å². The molecule has 1 N–H and O–H groups in total. The lowest BCUT2D eigenvalue weighted by molar-refractivity contribution is 0.608. The van der Waals surface area contributed by atoms with E-state index >= 15 is 0 Å². The van der Waals surface area contributed by atoms with E-state index in [9.17, 15) is 0 Å². The quantitative estimate of drug-likeness (QED) is 0.854. The topological polar surface area (TPSA) is 65.9 Å². The van der Waals surface area contributed by atoms with Crippen LogP contribution >= 0.6 is 12.2 Å². The number of H-pyrrole nitrogens is 1. The van der Waals surface area contributed by atoms with E-state index in [4.69, 9.17) is 12.2 Å². The summed E-state index contributed by atoms with van der Waals surface area (Å²) in [6.07, 6.45) is 3.55. The van der Waals surface area contributed by atoms with E-state index in [0.717, 1.165) is 44.6 Å². The highest BCUT2D eigenvalue weighted by Crippen LogP contribution is 2.16. The number of aromatic nitrogens is 5. The van der Waals surface area contributed by atoms with Crippen molar-refractivity contribution in [3.05, 3.63) is 23.2 Å². The summed E-state index contributed by atoms with van der Waals surface area (Å²) < 4.78 is 2.70. The zero-order valence-electron chi connectivity index (χ0n) is 11.4. The van der Waals surface area contributed by atoms with Gasteiger partial charge < -0.3 is 9.80 Å². The number of hydrogen-bond acceptors (Lipinski definition) is 6. The molecule has 7 nitrogen and oxygen atoms in total. The lowest BCUT2D eigenvalue weighted by atomic mass is 10.3. The van der Waals surface area contributed by atoms with E-state index < -0.39 is 0 Å². The van der Waals surface area contributed by atoms with Crippen LogP contribution < -0.4 is 9.80 Å². The van der Waals surface area contributed by atoms with Gasteiger partial charge in [-0.3, -0.25) is 4.57 Å². The molecule has 20 heavy (non-hydrogen) atoms. The molecule has 0 amide bonds. The van der Waals surface area contributed by atoms with E-state index in [-0.39, 0.29) is 0 Å². The minimum Gasteiger partial charge on any atom is -0.337 e. The van der Waals surface area contributed by atoms with Gasteiger partial charge in [0.25, 0.3) is 0 Å². The molecule has 8 heteroatoms. The van der Waals surface area contributed by atoms with Crippen molar-refractivity contribution in [1.29, 1.82) is 0 Å². The maximum absolute atomic E-state index is 5.23. The minimum absolute atomic E-state index is 0.677. The summed E-state index contributed by atoms with van der Waals surface area (Å²) in [5.74, 6) is 1.72. The lowest BCUT2D eigenvalue weighted by Crippen LogP contribution is -2.48. The summed E-state index contributed by atoms with van der Waals surface area (Å²) in [6, 6.07) is 1.83. The molecule has 0 unspecified atom stereocenters. The Morgan fingerprint density at radius 2 is 1.80 bits per heavy atom. The van der Waals surface area contributed by atoms with Crippen molar-refractivity contribution in [3.63, 3.8) is 0 Å².